The van der Waals surface area contributed by atoms with E-state index in [1.165, 1.54) is 7.11 Å². The summed E-state index contributed by atoms with van der Waals surface area (Å²) in [6.45, 7) is 6.77. The number of esters is 1. The van der Waals surface area contributed by atoms with Crippen molar-refractivity contribution in [2.75, 3.05) is 27.3 Å². The topological polar surface area (TPSA) is 55.8 Å². The van der Waals surface area contributed by atoms with E-state index in [0.717, 1.165) is 0 Å². The Morgan fingerprint density at radius 1 is 1.05 bits per heavy atom. The van der Waals surface area contributed by atoms with Crippen LogP contribution in [0, 0.1) is 11.8 Å². The molecule has 5 nitrogen and oxygen atoms in total. The highest BCUT2D eigenvalue weighted by atomic mass is 16.5. The Bertz CT molecular complexity index is 496. The van der Waals surface area contributed by atoms with Crippen molar-refractivity contribution in [3.63, 3.8) is 0 Å². The van der Waals surface area contributed by atoms with Gasteiger partial charge in [-0.1, -0.05) is 20.8 Å². The van der Waals surface area contributed by atoms with Crippen LogP contribution in [0.5, 0.6) is 5.75 Å². The summed E-state index contributed by atoms with van der Waals surface area (Å²) in [6.07, 6.45) is 0. The van der Waals surface area contributed by atoms with Crippen LogP contribution >= 0.6 is 0 Å². The molecule has 0 aromatic heterocycles. The molecule has 0 aliphatic rings. The standard InChI is InChI=1S/C17H25NO4/c1-12(2)10-18(11-13(3)17(20)22-5)16(19)14-6-8-15(21-4)9-7-14/h6-9,12-13H,10-11H2,1-5H3. The summed E-state index contributed by atoms with van der Waals surface area (Å²) < 4.78 is 9.84. The van der Waals surface area contributed by atoms with E-state index in [4.69, 9.17) is 9.47 Å². The van der Waals surface area contributed by atoms with Crippen molar-refractivity contribution in [1.29, 1.82) is 0 Å². The van der Waals surface area contributed by atoms with Gasteiger partial charge in [-0.2, -0.15) is 0 Å². The second kappa shape index (κ2) is 8.41. The molecule has 0 radical (unpaired) electrons. The van der Waals surface area contributed by atoms with Crippen LogP contribution in [0.4, 0.5) is 0 Å². The summed E-state index contributed by atoms with van der Waals surface area (Å²) in [5.74, 6) is 0.260. The highest BCUT2D eigenvalue weighted by molar-refractivity contribution is 5.94. The molecule has 0 N–H and O–H groups in total. The molecule has 0 fully saturated rings. The maximum absolute atomic E-state index is 12.7. The van der Waals surface area contributed by atoms with Gasteiger partial charge in [0.25, 0.3) is 5.91 Å². The second-order valence-electron chi connectivity index (χ2n) is 5.76. The van der Waals surface area contributed by atoms with Crippen molar-refractivity contribution in [3.05, 3.63) is 29.8 Å². The highest BCUT2D eigenvalue weighted by Crippen LogP contribution is 2.15. The van der Waals surface area contributed by atoms with Gasteiger partial charge in [-0.25, -0.2) is 0 Å². The Hall–Kier alpha value is -2.04. The van der Waals surface area contributed by atoms with Crippen LogP contribution in [0.1, 0.15) is 31.1 Å². The van der Waals surface area contributed by atoms with Crippen LogP contribution < -0.4 is 4.74 Å². The van der Waals surface area contributed by atoms with Gasteiger partial charge in [-0.15, -0.1) is 0 Å². The van der Waals surface area contributed by atoms with E-state index >= 15 is 0 Å². The van der Waals surface area contributed by atoms with E-state index in [-0.39, 0.29) is 17.8 Å². The molecule has 0 saturated carbocycles. The molecule has 1 aromatic rings. The number of methoxy groups -OCH3 is 2. The summed E-state index contributed by atoms with van der Waals surface area (Å²) in [5.41, 5.74) is 0.582. The van der Waals surface area contributed by atoms with Gasteiger partial charge in [-0.3, -0.25) is 9.59 Å². The highest BCUT2D eigenvalue weighted by Gasteiger charge is 2.23. The number of amides is 1. The lowest BCUT2D eigenvalue weighted by atomic mass is 10.1. The van der Waals surface area contributed by atoms with Gasteiger partial charge in [0.05, 0.1) is 20.1 Å². The van der Waals surface area contributed by atoms with Crippen LogP contribution in [-0.4, -0.2) is 44.1 Å². The van der Waals surface area contributed by atoms with Gasteiger partial charge in [0.1, 0.15) is 5.75 Å². The molecule has 0 bridgehead atoms. The molecule has 5 heteroatoms. The van der Waals surface area contributed by atoms with E-state index in [1.54, 1.807) is 43.2 Å². The minimum atomic E-state index is -0.356. The first kappa shape index (κ1) is 18.0. The Labute approximate surface area is 132 Å². The predicted molar refractivity (Wildman–Crippen MR) is 84.9 cm³/mol. The largest absolute Gasteiger partial charge is 0.497 e. The van der Waals surface area contributed by atoms with Crippen molar-refractivity contribution < 1.29 is 19.1 Å². The van der Waals surface area contributed by atoms with E-state index in [1.807, 2.05) is 13.8 Å². The number of hydrogen-bond acceptors (Lipinski definition) is 4. The number of carbonyl (C=O) groups excluding carboxylic acids is 2. The van der Waals surface area contributed by atoms with Gasteiger partial charge < -0.3 is 14.4 Å². The first-order valence-corrected chi connectivity index (χ1v) is 7.40. The molecule has 1 rings (SSSR count). The molecule has 1 aromatic carbocycles. The summed E-state index contributed by atoms with van der Waals surface area (Å²) in [7, 11) is 2.94. The molecule has 0 aliphatic heterocycles. The fraction of sp³-hybridized carbons (Fsp3) is 0.529. The monoisotopic (exact) mass is 307 g/mol. The molecule has 0 aliphatic carbocycles. The lowest BCUT2D eigenvalue weighted by molar-refractivity contribution is -0.145. The Balaban J connectivity index is 2.89. The Kier molecular flexibility index (Phi) is 6.89. The molecule has 1 amide bonds. The van der Waals surface area contributed by atoms with Crippen molar-refractivity contribution in [3.8, 4) is 5.75 Å². The molecule has 1 unspecified atom stereocenters. The molecule has 0 saturated heterocycles. The summed E-state index contributed by atoms with van der Waals surface area (Å²) >= 11 is 0. The van der Waals surface area contributed by atoms with Crippen LogP contribution in [-0.2, 0) is 9.53 Å². The first-order valence-electron chi connectivity index (χ1n) is 7.40. The van der Waals surface area contributed by atoms with Gasteiger partial charge in [0.15, 0.2) is 0 Å². The number of hydrogen-bond donors (Lipinski definition) is 0. The Morgan fingerprint density at radius 3 is 2.09 bits per heavy atom. The van der Waals surface area contributed by atoms with Crippen LogP contribution in [0.25, 0.3) is 0 Å². The summed E-state index contributed by atoms with van der Waals surface area (Å²) in [6, 6.07) is 6.98. The smallest absolute Gasteiger partial charge is 0.310 e. The summed E-state index contributed by atoms with van der Waals surface area (Å²) in [4.78, 5) is 26.0. The second-order valence-corrected chi connectivity index (χ2v) is 5.76. The average molecular weight is 307 g/mol. The van der Waals surface area contributed by atoms with E-state index in [2.05, 4.69) is 0 Å². The molecule has 0 heterocycles. The molecular formula is C17H25NO4. The maximum atomic E-state index is 12.7. The molecule has 122 valence electrons. The van der Waals surface area contributed by atoms with Gasteiger partial charge in [0.2, 0.25) is 0 Å². The zero-order valence-corrected chi connectivity index (χ0v) is 14.0. The zero-order chi connectivity index (χ0) is 16.7. The lowest BCUT2D eigenvalue weighted by Crippen LogP contribution is -2.39. The molecule has 1 atom stereocenters. The molecule has 22 heavy (non-hydrogen) atoms. The third kappa shape index (κ3) is 5.06. The fourth-order valence-corrected chi connectivity index (χ4v) is 2.20. The van der Waals surface area contributed by atoms with Crippen molar-refractivity contribution in [2.24, 2.45) is 11.8 Å². The van der Waals surface area contributed by atoms with Gasteiger partial charge in [-0.05, 0) is 30.2 Å². The minimum absolute atomic E-state index is 0.0906. The van der Waals surface area contributed by atoms with Gasteiger partial charge in [0, 0.05) is 18.7 Å². The van der Waals surface area contributed by atoms with Gasteiger partial charge >= 0.3 is 5.97 Å². The average Bonchev–Trinajstić information content (AvgIpc) is 2.52. The van der Waals surface area contributed by atoms with Crippen LogP contribution in [0.3, 0.4) is 0 Å². The Morgan fingerprint density at radius 2 is 1.64 bits per heavy atom. The van der Waals surface area contributed by atoms with Crippen molar-refractivity contribution in [2.45, 2.75) is 20.8 Å². The number of benzene rings is 1. The fourth-order valence-electron chi connectivity index (χ4n) is 2.20. The number of nitrogens with zero attached hydrogens (tertiary/aromatic N) is 1. The summed E-state index contributed by atoms with van der Waals surface area (Å²) in [5, 5.41) is 0. The van der Waals surface area contributed by atoms with E-state index < -0.39 is 0 Å². The molecular weight excluding hydrogens is 282 g/mol. The van der Waals surface area contributed by atoms with Crippen molar-refractivity contribution >= 4 is 11.9 Å². The quantitative estimate of drug-likeness (QED) is 0.727. The molecule has 0 spiro atoms. The number of carbonyl (C=O) groups is 2. The predicted octanol–water partition coefficient (Wildman–Crippen LogP) is 2.60. The van der Waals surface area contributed by atoms with Crippen molar-refractivity contribution in [1.82, 2.24) is 4.90 Å². The first-order chi connectivity index (χ1) is 10.4. The number of ether oxygens (including phenoxy) is 2. The zero-order valence-electron chi connectivity index (χ0n) is 14.0. The normalized spacial score (nSPS) is 11.9. The van der Waals surface area contributed by atoms with E-state index in [0.29, 0.717) is 30.3 Å². The lowest BCUT2D eigenvalue weighted by Gasteiger charge is -2.27. The third-order valence-corrected chi connectivity index (χ3v) is 3.31. The third-order valence-electron chi connectivity index (χ3n) is 3.31. The maximum Gasteiger partial charge on any atom is 0.310 e. The number of rotatable bonds is 7. The SMILES string of the molecule is COC(=O)C(C)CN(CC(C)C)C(=O)c1ccc(OC)cc1. The minimum Gasteiger partial charge on any atom is -0.497 e. The van der Waals surface area contributed by atoms with E-state index in [9.17, 15) is 9.59 Å². The van der Waals surface area contributed by atoms with Crippen LogP contribution in [0.15, 0.2) is 24.3 Å². The van der Waals surface area contributed by atoms with Crippen LogP contribution in [0.2, 0.25) is 0 Å².